The molecule has 0 aliphatic carbocycles. The van der Waals surface area contributed by atoms with E-state index in [0.29, 0.717) is 18.4 Å². The van der Waals surface area contributed by atoms with Crippen LogP contribution in [0.1, 0.15) is 29.2 Å². The highest BCUT2D eigenvalue weighted by Gasteiger charge is 2.30. The Morgan fingerprint density at radius 1 is 0.917 bits per heavy atom. The van der Waals surface area contributed by atoms with Gasteiger partial charge in [0.1, 0.15) is 0 Å². The van der Waals surface area contributed by atoms with Crippen molar-refractivity contribution in [3.63, 3.8) is 0 Å². The second-order valence-electron chi connectivity index (χ2n) is 8.50. The third-order valence-electron chi connectivity index (χ3n) is 5.83. The molecule has 0 radical (unpaired) electrons. The van der Waals surface area contributed by atoms with Gasteiger partial charge in [0.15, 0.2) is 0 Å². The van der Waals surface area contributed by atoms with Crippen molar-refractivity contribution >= 4 is 20.9 Å². The summed E-state index contributed by atoms with van der Waals surface area (Å²) in [4.78, 5) is 14.7. The summed E-state index contributed by atoms with van der Waals surface area (Å²) in [5, 5.41) is 0.261. The molecule has 186 valence electrons. The number of rotatable bonds is 9. The Balaban J connectivity index is 1.51. The molecule has 2 N–H and O–H groups in total. The number of fused-ring (bicyclic) bond motifs is 1. The summed E-state index contributed by atoms with van der Waals surface area (Å²) in [5.41, 5.74) is 2.00. The summed E-state index contributed by atoms with van der Waals surface area (Å²) in [5.74, 6) is -3.29. The Morgan fingerprint density at radius 3 is 2.31 bits per heavy atom. The van der Waals surface area contributed by atoms with Crippen LogP contribution in [0.5, 0.6) is 0 Å². The quantitative estimate of drug-likeness (QED) is 0.301. The van der Waals surface area contributed by atoms with Gasteiger partial charge in [-0.2, -0.15) is 8.78 Å². The molecule has 4 aromatic rings. The Kier molecular flexibility index (Phi) is 7.47. The standard InChI is InChI=1S/C28H26F2N2O3S/c1-2-15-28(29,30)25-19-27(33)32-26-13-10-22(18-24(25)26)17-21-8-11-23(12-9-21)36(34,35)31-16-14-20-6-4-3-5-7-20/h2-13,15,18-19,31H,14,16-17H2,1H3,(H,32,33)/b15-2+. The first kappa shape index (κ1) is 25.5. The summed E-state index contributed by atoms with van der Waals surface area (Å²) >= 11 is 0. The van der Waals surface area contributed by atoms with Crippen LogP contribution in [0, 0.1) is 0 Å². The summed E-state index contributed by atoms with van der Waals surface area (Å²) in [6.07, 6.45) is 3.01. The molecule has 0 fully saturated rings. The van der Waals surface area contributed by atoms with Crippen LogP contribution in [-0.2, 0) is 28.8 Å². The molecule has 0 amide bonds. The van der Waals surface area contributed by atoms with Crippen LogP contribution in [-0.4, -0.2) is 19.9 Å². The normalized spacial score (nSPS) is 12.4. The number of allylic oxidation sites excluding steroid dienone is 2. The first-order valence-electron chi connectivity index (χ1n) is 11.5. The van der Waals surface area contributed by atoms with Gasteiger partial charge in [0, 0.05) is 29.1 Å². The number of H-pyrrole nitrogens is 1. The summed E-state index contributed by atoms with van der Waals surface area (Å²) in [6.45, 7) is 1.78. The van der Waals surface area contributed by atoms with E-state index in [1.165, 1.54) is 25.1 Å². The molecular weight excluding hydrogens is 482 g/mol. The summed E-state index contributed by atoms with van der Waals surface area (Å²) in [7, 11) is -3.65. The fourth-order valence-corrected chi connectivity index (χ4v) is 5.10. The number of alkyl halides is 2. The molecule has 5 nitrogen and oxygen atoms in total. The Labute approximate surface area is 208 Å². The van der Waals surface area contributed by atoms with E-state index in [2.05, 4.69) is 9.71 Å². The fourth-order valence-electron chi connectivity index (χ4n) is 4.07. The molecule has 0 spiro atoms. The lowest BCUT2D eigenvalue weighted by molar-refractivity contribution is 0.0535. The van der Waals surface area contributed by atoms with Crippen molar-refractivity contribution in [1.29, 1.82) is 0 Å². The summed E-state index contributed by atoms with van der Waals surface area (Å²) in [6, 6.07) is 22.0. The number of benzene rings is 3. The van der Waals surface area contributed by atoms with Crippen LogP contribution in [0.2, 0.25) is 0 Å². The van der Waals surface area contributed by atoms with Gasteiger partial charge in [0.2, 0.25) is 15.6 Å². The zero-order valence-corrected chi connectivity index (χ0v) is 20.5. The molecule has 1 heterocycles. The van der Waals surface area contributed by atoms with E-state index in [1.807, 2.05) is 30.3 Å². The number of sulfonamides is 1. The first-order valence-corrected chi connectivity index (χ1v) is 13.0. The van der Waals surface area contributed by atoms with Crippen molar-refractivity contribution in [3.05, 3.63) is 124 Å². The van der Waals surface area contributed by atoms with Gasteiger partial charge in [-0.15, -0.1) is 0 Å². The third kappa shape index (κ3) is 5.95. The van der Waals surface area contributed by atoms with Gasteiger partial charge in [-0.05, 0) is 66.8 Å². The van der Waals surface area contributed by atoms with Crippen LogP contribution >= 0.6 is 0 Å². The van der Waals surface area contributed by atoms with Crippen molar-refractivity contribution in [3.8, 4) is 0 Å². The van der Waals surface area contributed by atoms with Gasteiger partial charge in [0.25, 0.3) is 5.92 Å². The average molecular weight is 509 g/mol. The minimum Gasteiger partial charge on any atom is -0.322 e. The Bertz CT molecular complexity index is 1550. The van der Waals surface area contributed by atoms with Gasteiger partial charge < -0.3 is 4.98 Å². The van der Waals surface area contributed by atoms with E-state index in [0.717, 1.165) is 28.8 Å². The largest absolute Gasteiger partial charge is 0.322 e. The van der Waals surface area contributed by atoms with Gasteiger partial charge in [-0.1, -0.05) is 54.6 Å². The van der Waals surface area contributed by atoms with Gasteiger partial charge in [0.05, 0.1) is 4.90 Å². The molecule has 8 heteroatoms. The molecule has 0 saturated carbocycles. The highest BCUT2D eigenvalue weighted by atomic mass is 32.2. The molecule has 0 atom stereocenters. The molecular formula is C28H26F2N2O3S. The smallest absolute Gasteiger partial charge is 0.292 e. The number of halogens is 2. The van der Waals surface area contributed by atoms with Crippen molar-refractivity contribution < 1.29 is 17.2 Å². The lowest BCUT2D eigenvalue weighted by atomic mass is 9.98. The molecule has 0 unspecified atom stereocenters. The van der Waals surface area contributed by atoms with Gasteiger partial charge in [-0.25, -0.2) is 13.1 Å². The minimum atomic E-state index is -3.65. The van der Waals surface area contributed by atoms with E-state index >= 15 is 0 Å². The van der Waals surface area contributed by atoms with Crippen LogP contribution in [0.15, 0.2) is 101 Å². The minimum absolute atomic E-state index is 0.156. The lowest BCUT2D eigenvalue weighted by Crippen LogP contribution is -2.26. The van der Waals surface area contributed by atoms with Crippen molar-refractivity contribution in [1.82, 2.24) is 9.71 Å². The number of hydrogen-bond acceptors (Lipinski definition) is 3. The number of pyridine rings is 1. The molecule has 1 aromatic heterocycles. The summed E-state index contributed by atoms with van der Waals surface area (Å²) < 4.78 is 57.2. The molecule has 4 rings (SSSR count). The zero-order chi connectivity index (χ0) is 25.8. The van der Waals surface area contributed by atoms with Crippen molar-refractivity contribution in [2.75, 3.05) is 6.54 Å². The number of aromatic amines is 1. The Hall–Kier alpha value is -3.62. The molecule has 36 heavy (non-hydrogen) atoms. The average Bonchev–Trinajstić information content (AvgIpc) is 2.84. The maximum atomic E-state index is 14.7. The number of aromatic nitrogens is 1. The van der Waals surface area contributed by atoms with Crippen LogP contribution in [0.25, 0.3) is 10.9 Å². The highest BCUT2D eigenvalue weighted by Crippen LogP contribution is 2.34. The predicted octanol–water partition coefficient (Wildman–Crippen LogP) is 5.31. The van der Waals surface area contributed by atoms with Gasteiger partial charge >= 0.3 is 0 Å². The highest BCUT2D eigenvalue weighted by molar-refractivity contribution is 7.89. The maximum absolute atomic E-state index is 14.7. The molecule has 0 saturated heterocycles. The van der Waals surface area contributed by atoms with Crippen LogP contribution in [0.4, 0.5) is 8.78 Å². The van der Waals surface area contributed by atoms with Gasteiger partial charge in [-0.3, -0.25) is 4.79 Å². The fraction of sp³-hybridized carbons (Fsp3) is 0.179. The van der Waals surface area contributed by atoms with Crippen LogP contribution in [0.3, 0.4) is 0 Å². The SMILES string of the molecule is C/C=C/C(F)(F)c1cc(=O)[nH]c2ccc(Cc3ccc(S(=O)(=O)NCCc4ccccc4)cc3)cc12. The number of nitrogens with one attached hydrogen (secondary N) is 2. The number of hydrogen-bond donors (Lipinski definition) is 2. The first-order chi connectivity index (χ1) is 17.2. The predicted molar refractivity (Wildman–Crippen MR) is 138 cm³/mol. The van der Waals surface area contributed by atoms with Crippen molar-refractivity contribution in [2.45, 2.75) is 30.6 Å². The zero-order valence-electron chi connectivity index (χ0n) is 19.7. The van der Waals surface area contributed by atoms with E-state index in [1.54, 1.807) is 30.3 Å². The molecule has 0 bridgehead atoms. The third-order valence-corrected chi connectivity index (χ3v) is 7.31. The molecule has 0 aliphatic heterocycles. The molecule has 0 aliphatic rings. The monoisotopic (exact) mass is 508 g/mol. The second-order valence-corrected chi connectivity index (χ2v) is 10.3. The molecule has 3 aromatic carbocycles. The maximum Gasteiger partial charge on any atom is 0.292 e. The Morgan fingerprint density at radius 2 is 1.61 bits per heavy atom. The van der Waals surface area contributed by atoms with E-state index < -0.39 is 21.5 Å². The van der Waals surface area contributed by atoms with E-state index in [9.17, 15) is 22.0 Å². The van der Waals surface area contributed by atoms with Crippen molar-refractivity contribution in [2.24, 2.45) is 0 Å². The lowest BCUT2D eigenvalue weighted by Gasteiger charge is -2.15. The van der Waals surface area contributed by atoms with E-state index in [-0.39, 0.29) is 22.4 Å². The van der Waals surface area contributed by atoms with E-state index in [4.69, 9.17) is 0 Å². The second kappa shape index (κ2) is 10.6. The van der Waals surface area contributed by atoms with Crippen LogP contribution < -0.4 is 10.3 Å². The topological polar surface area (TPSA) is 79.0 Å².